The number of alkyl halides is 3. The van der Waals surface area contributed by atoms with E-state index in [1.165, 1.54) is 12.1 Å². The molecule has 148 valence electrons. The summed E-state index contributed by atoms with van der Waals surface area (Å²) in [5.41, 5.74) is -0.870. The summed E-state index contributed by atoms with van der Waals surface area (Å²) in [6.07, 6.45) is -4.37. The third kappa shape index (κ3) is 6.70. The molecule has 0 aliphatic rings. The Balaban J connectivity index is 1.91. The average Bonchev–Trinajstić information content (AvgIpc) is 2.61. The maximum atomic E-state index is 12.5. The minimum Gasteiger partial charge on any atom is -0.488 e. The molecule has 0 N–H and O–H groups in total. The molecule has 2 aromatic rings. The van der Waals surface area contributed by atoms with Crippen LogP contribution in [-0.2, 0) is 24.9 Å². The van der Waals surface area contributed by atoms with Crippen LogP contribution in [0.4, 0.5) is 13.2 Å². The van der Waals surface area contributed by atoms with Crippen molar-refractivity contribution in [3.63, 3.8) is 0 Å². The zero-order chi connectivity index (χ0) is 20.1. The van der Waals surface area contributed by atoms with Crippen molar-refractivity contribution in [2.75, 3.05) is 13.7 Å². The highest BCUT2D eigenvalue weighted by Gasteiger charge is 2.30. The first-order valence-corrected chi connectivity index (χ1v) is 8.85. The topological polar surface area (TPSA) is 84.0 Å². The van der Waals surface area contributed by atoms with E-state index in [-0.39, 0.29) is 12.5 Å². The minimum atomic E-state index is -4.46. The lowest BCUT2D eigenvalue weighted by Crippen LogP contribution is -2.22. The number of nitrogens with zero attached hydrogens (tertiary/aromatic N) is 1. The molecule has 2 rings (SSSR count). The Morgan fingerprint density at radius 2 is 1.70 bits per heavy atom. The van der Waals surface area contributed by atoms with Crippen molar-refractivity contribution in [1.82, 2.24) is 4.98 Å². The van der Waals surface area contributed by atoms with E-state index < -0.39 is 28.2 Å². The van der Waals surface area contributed by atoms with Gasteiger partial charge in [-0.1, -0.05) is 0 Å². The first kappa shape index (κ1) is 20.9. The lowest BCUT2D eigenvalue weighted by molar-refractivity contribution is -0.137. The predicted molar refractivity (Wildman–Crippen MR) is 87.7 cm³/mol. The fourth-order valence-electron chi connectivity index (χ4n) is 1.81. The van der Waals surface area contributed by atoms with Crippen LogP contribution in [0.1, 0.15) is 12.5 Å². The molecular formula is C16H16F3NO6S. The molecule has 0 spiro atoms. The fourth-order valence-corrected chi connectivity index (χ4v) is 2.26. The number of ether oxygens (including phenoxy) is 2. The summed E-state index contributed by atoms with van der Waals surface area (Å²) in [7, 11) is -3.06. The number of hydrogen-bond acceptors (Lipinski definition) is 7. The smallest absolute Gasteiger partial charge is 0.417 e. The molecule has 0 amide bonds. The van der Waals surface area contributed by atoms with Crippen LogP contribution in [0, 0.1) is 0 Å². The van der Waals surface area contributed by atoms with E-state index in [4.69, 9.17) is 9.47 Å². The first-order chi connectivity index (χ1) is 12.6. The first-order valence-electron chi connectivity index (χ1n) is 7.52. The Bertz CT molecular complexity index is 838. The fraction of sp³-hybridized carbons (Fsp3) is 0.312. The van der Waals surface area contributed by atoms with Crippen molar-refractivity contribution in [2.45, 2.75) is 19.2 Å². The second-order valence-corrected chi connectivity index (χ2v) is 6.63. The Kier molecular flexibility index (Phi) is 6.63. The molecule has 1 heterocycles. The van der Waals surface area contributed by atoms with Gasteiger partial charge in [0.1, 0.15) is 24.2 Å². The third-order valence-corrected chi connectivity index (χ3v) is 3.93. The zero-order valence-corrected chi connectivity index (χ0v) is 15.1. The van der Waals surface area contributed by atoms with Crippen molar-refractivity contribution in [2.24, 2.45) is 0 Å². The Hall–Kier alpha value is -2.37. The molecule has 1 unspecified atom stereocenters. The van der Waals surface area contributed by atoms with Crippen LogP contribution in [0.3, 0.4) is 0 Å². The van der Waals surface area contributed by atoms with Crippen molar-refractivity contribution in [1.29, 1.82) is 0 Å². The van der Waals surface area contributed by atoms with Crippen molar-refractivity contribution in [3.05, 3.63) is 48.2 Å². The monoisotopic (exact) mass is 407 g/mol. The molecule has 0 bridgehead atoms. The largest absolute Gasteiger partial charge is 0.488 e. The van der Waals surface area contributed by atoms with E-state index in [1.54, 1.807) is 19.1 Å². The molecule has 7 nitrogen and oxygen atoms in total. The highest BCUT2D eigenvalue weighted by molar-refractivity contribution is 7.81. The minimum absolute atomic E-state index is 0.00297. The normalized spacial score (nSPS) is 13.2. The lowest BCUT2D eigenvalue weighted by atomic mass is 10.3. The van der Waals surface area contributed by atoms with Gasteiger partial charge < -0.3 is 9.47 Å². The lowest BCUT2D eigenvalue weighted by Gasteiger charge is -2.14. The second kappa shape index (κ2) is 8.55. The van der Waals surface area contributed by atoms with Crippen LogP contribution in [0.5, 0.6) is 17.4 Å². The molecule has 1 aromatic heterocycles. The van der Waals surface area contributed by atoms with E-state index in [9.17, 15) is 21.6 Å². The summed E-state index contributed by atoms with van der Waals surface area (Å²) in [6, 6.07) is 8.11. The summed E-state index contributed by atoms with van der Waals surface area (Å²) in [6.45, 7) is 1.35. The Labute approximate surface area is 154 Å². The van der Waals surface area contributed by atoms with Crippen LogP contribution in [0.15, 0.2) is 42.6 Å². The van der Waals surface area contributed by atoms with Gasteiger partial charge in [-0.25, -0.2) is 9.17 Å². The van der Waals surface area contributed by atoms with Gasteiger partial charge in [-0.05, 0) is 37.3 Å². The van der Waals surface area contributed by atoms with E-state index >= 15 is 0 Å². The van der Waals surface area contributed by atoms with Crippen molar-refractivity contribution >= 4 is 10.4 Å². The molecule has 0 aliphatic carbocycles. The molecule has 1 atom stereocenters. The Morgan fingerprint density at radius 3 is 2.22 bits per heavy atom. The van der Waals surface area contributed by atoms with Crippen LogP contribution in [-0.4, -0.2) is 33.2 Å². The quantitative estimate of drug-likeness (QED) is 0.661. The van der Waals surface area contributed by atoms with E-state index in [2.05, 4.69) is 13.4 Å². The van der Waals surface area contributed by atoms with Crippen LogP contribution < -0.4 is 9.47 Å². The van der Waals surface area contributed by atoms with E-state index in [1.807, 2.05) is 0 Å². The van der Waals surface area contributed by atoms with Crippen LogP contribution in [0.2, 0.25) is 0 Å². The Morgan fingerprint density at radius 1 is 1.07 bits per heavy atom. The second-order valence-electron chi connectivity index (χ2n) is 5.24. The zero-order valence-electron chi connectivity index (χ0n) is 14.3. The SMILES string of the molecule is COS(=O)(=O)OCC(C)Oc1ccc(Oc2ccc(C(F)(F)F)cn2)cc1. The van der Waals surface area contributed by atoms with Crippen LogP contribution >= 0.6 is 0 Å². The molecule has 27 heavy (non-hydrogen) atoms. The van der Waals surface area contributed by atoms with Crippen molar-refractivity contribution < 1.29 is 39.4 Å². The maximum Gasteiger partial charge on any atom is 0.417 e. The van der Waals surface area contributed by atoms with Gasteiger partial charge in [0.25, 0.3) is 0 Å². The maximum absolute atomic E-state index is 12.5. The summed E-state index contributed by atoms with van der Waals surface area (Å²) in [5, 5.41) is 0. The number of pyridine rings is 1. The van der Waals surface area contributed by atoms with E-state index in [0.29, 0.717) is 17.7 Å². The molecule has 0 aliphatic heterocycles. The molecule has 0 radical (unpaired) electrons. The molecular weight excluding hydrogens is 391 g/mol. The highest BCUT2D eigenvalue weighted by atomic mass is 32.3. The van der Waals surface area contributed by atoms with Crippen LogP contribution in [0.25, 0.3) is 0 Å². The summed E-state index contributed by atoms with van der Waals surface area (Å²) < 4.78 is 79.1. The number of halogens is 3. The number of aromatic nitrogens is 1. The summed E-state index contributed by atoms with van der Waals surface area (Å²) >= 11 is 0. The van der Waals surface area contributed by atoms with E-state index in [0.717, 1.165) is 19.2 Å². The standard InChI is InChI=1S/C16H16F3NO6S/c1-11(10-24-27(21,22)23-2)25-13-4-6-14(7-5-13)26-15-8-3-12(9-20-15)16(17,18)19/h3-9,11H,10H2,1-2H3. The molecule has 0 saturated heterocycles. The summed E-state index contributed by atoms with van der Waals surface area (Å²) in [4.78, 5) is 3.61. The molecule has 1 aromatic carbocycles. The van der Waals surface area contributed by atoms with Crippen molar-refractivity contribution in [3.8, 4) is 17.4 Å². The van der Waals surface area contributed by atoms with Gasteiger partial charge in [0, 0.05) is 12.3 Å². The van der Waals surface area contributed by atoms with Gasteiger partial charge in [-0.15, -0.1) is 0 Å². The van der Waals surface area contributed by atoms with Gasteiger partial charge >= 0.3 is 16.6 Å². The molecule has 0 saturated carbocycles. The number of rotatable bonds is 8. The average molecular weight is 407 g/mol. The van der Waals surface area contributed by atoms with Gasteiger partial charge in [-0.3, -0.25) is 4.18 Å². The van der Waals surface area contributed by atoms with Gasteiger partial charge in [-0.2, -0.15) is 21.6 Å². The molecule has 0 fully saturated rings. The predicted octanol–water partition coefficient (Wildman–Crippen LogP) is 3.57. The molecule has 11 heteroatoms. The number of hydrogen-bond donors (Lipinski definition) is 0. The van der Waals surface area contributed by atoms with Gasteiger partial charge in [0.2, 0.25) is 5.88 Å². The van der Waals surface area contributed by atoms with Gasteiger partial charge in [0.05, 0.1) is 12.7 Å². The highest BCUT2D eigenvalue weighted by Crippen LogP contribution is 2.30. The van der Waals surface area contributed by atoms with Gasteiger partial charge in [0.15, 0.2) is 0 Å². The number of benzene rings is 1. The summed E-state index contributed by atoms with van der Waals surface area (Å²) in [5.74, 6) is 0.748. The third-order valence-electron chi connectivity index (χ3n) is 3.10.